The normalized spacial score (nSPS) is 16.1. The van der Waals surface area contributed by atoms with Crippen LogP contribution < -0.4 is 19.9 Å². The molecule has 0 saturated heterocycles. The second kappa shape index (κ2) is 6.47. The van der Waals surface area contributed by atoms with Gasteiger partial charge in [0.2, 0.25) is 0 Å². The summed E-state index contributed by atoms with van der Waals surface area (Å²) in [5, 5.41) is 2.87. The van der Waals surface area contributed by atoms with Crippen LogP contribution in [0.1, 0.15) is 17.3 Å². The predicted molar refractivity (Wildman–Crippen MR) is 98.7 cm³/mol. The smallest absolute Gasteiger partial charge is 0.267 e. The fourth-order valence-electron chi connectivity index (χ4n) is 2.72. The zero-order valence-corrected chi connectivity index (χ0v) is 14.7. The van der Waals surface area contributed by atoms with Crippen molar-refractivity contribution in [1.29, 1.82) is 0 Å². The average Bonchev–Trinajstić information content (AvgIpc) is 2.60. The Balaban J connectivity index is 1.83. The SMILES string of the molecule is CC1Oc2ccc(NC(=O)c3cccc(N(C)C)c3)cc2N(C)C1=O. The van der Waals surface area contributed by atoms with Crippen molar-refractivity contribution in [1.82, 2.24) is 0 Å². The van der Waals surface area contributed by atoms with E-state index < -0.39 is 6.10 Å². The van der Waals surface area contributed by atoms with Crippen molar-refractivity contribution >= 4 is 28.9 Å². The largest absolute Gasteiger partial charge is 0.479 e. The molecule has 0 radical (unpaired) electrons. The number of nitrogens with one attached hydrogen (secondary N) is 1. The highest BCUT2D eigenvalue weighted by Gasteiger charge is 2.29. The topological polar surface area (TPSA) is 61.9 Å². The van der Waals surface area contributed by atoms with Crippen molar-refractivity contribution in [3.05, 3.63) is 48.0 Å². The molecule has 130 valence electrons. The molecule has 0 bridgehead atoms. The van der Waals surface area contributed by atoms with Gasteiger partial charge < -0.3 is 19.9 Å². The Labute approximate surface area is 147 Å². The maximum atomic E-state index is 12.5. The first-order chi connectivity index (χ1) is 11.9. The number of carbonyl (C=O) groups is 2. The van der Waals surface area contributed by atoms with Crippen molar-refractivity contribution in [2.24, 2.45) is 0 Å². The molecule has 1 heterocycles. The molecule has 2 amide bonds. The van der Waals surface area contributed by atoms with Crippen LogP contribution in [-0.2, 0) is 4.79 Å². The van der Waals surface area contributed by atoms with Crippen LogP contribution in [-0.4, -0.2) is 39.1 Å². The fourth-order valence-corrected chi connectivity index (χ4v) is 2.72. The number of likely N-dealkylation sites (N-methyl/N-ethyl adjacent to an activating group) is 1. The van der Waals surface area contributed by atoms with Gasteiger partial charge in [-0.1, -0.05) is 6.07 Å². The minimum absolute atomic E-state index is 0.116. The van der Waals surface area contributed by atoms with Crippen molar-refractivity contribution < 1.29 is 14.3 Å². The van der Waals surface area contributed by atoms with Crippen LogP contribution in [0, 0.1) is 0 Å². The number of hydrogen-bond donors (Lipinski definition) is 1. The number of amides is 2. The van der Waals surface area contributed by atoms with Crippen LogP contribution in [0.5, 0.6) is 5.75 Å². The Morgan fingerprint density at radius 3 is 2.68 bits per heavy atom. The number of rotatable bonds is 3. The van der Waals surface area contributed by atoms with Crippen LogP contribution in [0.4, 0.5) is 17.1 Å². The number of anilines is 3. The molecule has 1 aliphatic rings. The summed E-state index contributed by atoms with van der Waals surface area (Å²) >= 11 is 0. The molecule has 2 aromatic carbocycles. The van der Waals surface area contributed by atoms with Crippen LogP contribution >= 0.6 is 0 Å². The molecule has 1 unspecified atom stereocenters. The van der Waals surface area contributed by atoms with E-state index >= 15 is 0 Å². The van der Waals surface area contributed by atoms with Gasteiger partial charge in [-0.05, 0) is 43.3 Å². The molecule has 3 rings (SSSR count). The van der Waals surface area contributed by atoms with Gasteiger partial charge >= 0.3 is 0 Å². The fraction of sp³-hybridized carbons (Fsp3) is 0.263. The Morgan fingerprint density at radius 1 is 1.20 bits per heavy atom. The van der Waals surface area contributed by atoms with Crippen molar-refractivity contribution in [3.8, 4) is 5.75 Å². The van der Waals surface area contributed by atoms with Gasteiger partial charge in [-0.2, -0.15) is 0 Å². The van der Waals surface area contributed by atoms with Crippen LogP contribution in [0.2, 0.25) is 0 Å². The lowest BCUT2D eigenvalue weighted by Gasteiger charge is -2.30. The Bertz CT molecular complexity index is 832. The molecule has 0 aliphatic carbocycles. The maximum absolute atomic E-state index is 12.5. The van der Waals surface area contributed by atoms with Gasteiger partial charge in [0.05, 0.1) is 5.69 Å². The zero-order chi connectivity index (χ0) is 18.1. The molecular weight excluding hydrogens is 318 g/mol. The number of carbonyl (C=O) groups excluding carboxylic acids is 2. The van der Waals surface area contributed by atoms with E-state index in [2.05, 4.69) is 5.32 Å². The van der Waals surface area contributed by atoms with E-state index in [1.54, 1.807) is 43.1 Å². The second-order valence-corrected chi connectivity index (χ2v) is 6.24. The molecule has 0 fully saturated rings. The van der Waals surface area contributed by atoms with Crippen LogP contribution in [0.15, 0.2) is 42.5 Å². The lowest BCUT2D eigenvalue weighted by atomic mass is 10.1. The molecular formula is C19H21N3O3. The summed E-state index contributed by atoms with van der Waals surface area (Å²) < 4.78 is 5.59. The summed E-state index contributed by atoms with van der Waals surface area (Å²) in [6, 6.07) is 12.7. The molecule has 0 saturated carbocycles. The minimum atomic E-state index is -0.508. The molecule has 1 N–H and O–H groups in total. The highest BCUT2D eigenvalue weighted by Crippen LogP contribution is 2.35. The number of hydrogen-bond acceptors (Lipinski definition) is 4. The molecule has 1 atom stereocenters. The molecule has 6 heteroatoms. The van der Waals surface area contributed by atoms with Gasteiger partial charge in [-0.25, -0.2) is 0 Å². The van der Waals surface area contributed by atoms with Gasteiger partial charge in [0.1, 0.15) is 5.75 Å². The van der Waals surface area contributed by atoms with Gasteiger partial charge in [-0.3, -0.25) is 9.59 Å². The second-order valence-electron chi connectivity index (χ2n) is 6.24. The Hall–Kier alpha value is -3.02. The van der Waals surface area contributed by atoms with E-state index in [-0.39, 0.29) is 11.8 Å². The van der Waals surface area contributed by atoms with Crippen molar-refractivity contribution in [2.75, 3.05) is 36.3 Å². The summed E-state index contributed by atoms with van der Waals surface area (Å²) in [5.74, 6) is 0.305. The van der Waals surface area contributed by atoms with E-state index in [9.17, 15) is 9.59 Å². The van der Waals surface area contributed by atoms with E-state index in [1.165, 1.54) is 0 Å². The van der Waals surface area contributed by atoms with E-state index in [0.29, 0.717) is 22.7 Å². The van der Waals surface area contributed by atoms with Gasteiger partial charge in [0.25, 0.3) is 11.8 Å². The molecule has 25 heavy (non-hydrogen) atoms. The van der Waals surface area contributed by atoms with E-state index in [4.69, 9.17) is 4.74 Å². The third-order valence-electron chi connectivity index (χ3n) is 4.18. The average molecular weight is 339 g/mol. The molecule has 0 aromatic heterocycles. The monoisotopic (exact) mass is 339 g/mol. The molecule has 6 nitrogen and oxygen atoms in total. The summed E-state index contributed by atoms with van der Waals surface area (Å²) in [6.45, 7) is 1.72. The maximum Gasteiger partial charge on any atom is 0.267 e. The van der Waals surface area contributed by atoms with E-state index in [0.717, 1.165) is 5.69 Å². The highest BCUT2D eigenvalue weighted by atomic mass is 16.5. The predicted octanol–water partition coefficient (Wildman–Crippen LogP) is 2.75. The first-order valence-electron chi connectivity index (χ1n) is 8.04. The lowest BCUT2D eigenvalue weighted by Crippen LogP contribution is -2.41. The standard InChI is InChI=1S/C19H21N3O3/c1-12-19(24)22(4)16-11-14(8-9-17(16)25-12)20-18(23)13-6-5-7-15(10-13)21(2)3/h5-12H,1-4H3,(H,20,23). The Morgan fingerprint density at radius 2 is 1.96 bits per heavy atom. The number of fused-ring (bicyclic) bond motifs is 1. The quantitative estimate of drug-likeness (QED) is 0.934. The third kappa shape index (κ3) is 3.28. The summed E-state index contributed by atoms with van der Waals surface area (Å²) in [5.41, 5.74) is 2.77. The highest BCUT2D eigenvalue weighted by molar-refractivity contribution is 6.06. The van der Waals surface area contributed by atoms with Gasteiger partial charge in [0, 0.05) is 38.1 Å². The number of ether oxygens (including phenoxy) is 1. The summed E-state index contributed by atoms with van der Waals surface area (Å²) in [7, 11) is 5.55. The molecule has 0 spiro atoms. The third-order valence-corrected chi connectivity index (χ3v) is 4.18. The number of benzene rings is 2. The van der Waals surface area contributed by atoms with Gasteiger partial charge in [0.15, 0.2) is 6.10 Å². The van der Waals surface area contributed by atoms with Crippen LogP contribution in [0.3, 0.4) is 0 Å². The lowest BCUT2D eigenvalue weighted by molar-refractivity contribution is -0.125. The van der Waals surface area contributed by atoms with E-state index in [1.807, 2.05) is 37.2 Å². The zero-order valence-electron chi connectivity index (χ0n) is 14.7. The molecule has 1 aliphatic heterocycles. The van der Waals surface area contributed by atoms with Crippen LogP contribution in [0.25, 0.3) is 0 Å². The molecule has 2 aromatic rings. The minimum Gasteiger partial charge on any atom is -0.479 e. The van der Waals surface area contributed by atoms with Gasteiger partial charge in [-0.15, -0.1) is 0 Å². The Kier molecular flexibility index (Phi) is 4.35. The first-order valence-corrected chi connectivity index (χ1v) is 8.04. The first kappa shape index (κ1) is 16.8. The van der Waals surface area contributed by atoms with Crippen molar-refractivity contribution in [2.45, 2.75) is 13.0 Å². The van der Waals surface area contributed by atoms with Crippen molar-refractivity contribution in [3.63, 3.8) is 0 Å². The number of nitrogens with zero attached hydrogens (tertiary/aromatic N) is 2. The summed E-state index contributed by atoms with van der Waals surface area (Å²) in [4.78, 5) is 28.1. The summed E-state index contributed by atoms with van der Waals surface area (Å²) in [6.07, 6.45) is -0.508.